The molecule has 12 nitrogen and oxygen atoms in total. The smallest absolute Gasteiger partial charge is 0.410 e. The first-order valence-corrected chi connectivity index (χ1v) is 14.0. The molecule has 2 aliphatic rings. The fourth-order valence-electron chi connectivity index (χ4n) is 4.47. The quantitative estimate of drug-likeness (QED) is 0.229. The van der Waals surface area contributed by atoms with Gasteiger partial charge < -0.3 is 25.6 Å². The number of benzene rings is 1. The second kappa shape index (κ2) is 15.5. The van der Waals surface area contributed by atoms with Crippen molar-refractivity contribution in [2.24, 2.45) is 5.92 Å². The molecule has 12 heteroatoms. The predicted octanol–water partition coefficient (Wildman–Crippen LogP) is 2.10. The van der Waals surface area contributed by atoms with Crippen LogP contribution in [0.2, 0.25) is 0 Å². The van der Waals surface area contributed by atoms with Crippen LogP contribution >= 0.6 is 0 Å². The second-order valence-electron chi connectivity index (χ2n) is 10.5. The number of nitrogens with zero attached hydrogens (tertiary/aromatic N) is 2. The maximum atomic E-state index is 12.7. The van der Waals surface area contributed by atoms with E-state index in [1.807, 2.05) is 0 Å². The van der Waals surface area contributed by atoms with Crippen LogP contribution in [0.15, 0.2) is 36.4 Å². The Morgan fingerprint density at radius 1 is 0.902 bits per heavy atom. The van der Waals surface area contributed by atoms with E-state index in [2.05, 4.69) is 16.0 Å². The summed E-state index contributed by atoms with van der Waals surface area (Å²) < 4.78 is 5.32. The molecule has 1 fully saturated rings. The van der Waals surface area contributed by atoms with Gasteiger partial charge in [0.2, 0.25) is 17.7 Å². The average molecular weight is 570 g/mol. The fourth-order valence-corrected chi connectivity index (χ4v) is 4.47. The topological polar surface area (TPSA) is 154 Å². The number of likely N-dealkylation sites (tertiary alicyclic amines) is 1. The lowest BCUT2D eigenvalue weighted by molar-refractivity contribution is -0.137. The van der Waals surface area contributed by atoms with Gasteiger partial charge in [0.05, 0.1) is 6.54 Å². The number of hydrogen-bond donors (Lipinski definition) is 3. The first-order chi connectivity index (χ1) is 19.6. The highest BCUT2D eigenvalue weighted by Gasteiger charge is 2.25. The van der Waals surface area contributed by atoms with E-state index in [0.29, 0.717) is 31.5 Å². The van der Waals surface area contributed by atoms with Crippen molar-refractivity contribution in [2.45, 2.75) is 65.0 Å². The van der Waals surface area contributed by atoms with Crippen molar-refractivity contribution in [1.29, 1.82) is 0 Å². The van der Waals surface area contributed by atoms with Crippen molar-refractivity contribution in [3.05, 3.63) is 42.0 Å². The van der Waals surface area contributed by atoms with Crippen LogP contribution in [0, 0.1) is 5.92 Å². The summed E-state index contributed by atoms with van der Waals surface area (Å²) >= 11 is 0. The summed E-state index contributed by atoms with van der Waals surface area (Å²) in [4.78, 5) is 75.5. The molecule has 0 spiro atoms. The predicted molar refractivity (Wildman–Crippen MR) is 150 cm³/mol. The number of nitrogens with one attached hydrogen (secondary N) is 3. The lowest BCUT2D eigenvalue weighted by atomic mass is 10.0. The molecular formula is C29H39N5O7. The number of ether oxygens (including phenoxy) is 1. The van der Waals surface area contributed by atoms with E-state index in [1.54, 1.807) is 43.0 Å². The van der Waals surface area contributed by atoms with Crippen LogP contribution in [-0.2, 0) is 35.3 Å². The van der Waals surface area contributed by atoms with Gasteiger partial charge in [-0.25, -0.2) is 4.79 Å². The van der Waals surface area contributed by atoms with Gasteiger partial charge in [0.15, 0.2) is 0 Å². The number of carbonyl (C=O) groups is 6. The summed E-state index contributed by atoms with van der Waals surface area (Å²) in [5, 5.41) is 8.00. The van der Waals surface area contributed by atoms with E-state index in [4.69, 9.17) is 4.74 Å². The van der Waals surface area contributed by atoms with E-state index in [9.17, 15) is 28.8 Å². The fraction of sp³-hybridized carbons (Fsp3) is 0.517. The Labute approximate surface area is 239 Å². The molecule has 3 N–H and O–H groups in total. The molecule has 0 radical (unpaired) electrons. The van der Waals surface area contributed by atoms with Crippen LogP contribution in [0.3, 0.4) is 0 Å². The lowest BCUT2D eigenvalue weighted by Crippen LogP contribution is -2.51. The molecule has 0 aliphatic carbocycles. The highest BCUT2D eigenvalue weighted by Crippen LogP contribution is 2.13. The van der Waals surface area contributed by atoms with Crippen molar-refractivity contribution < 1.29 is 33.5 Å². The Morgan fingerprint density at radius 3 is 2.20 bits per heavy atom. The molecule has 1 aromatic rings. The van der Waals surface area contributed by atoms with E-state index in [-0.39, 0.29) is 49.3 Å². The van der Waals surface area contributed by atoms with Gasteiger partial charge in [0.25, 0.3) is 11.8 Å². The summed E-state index contributed by atoms with van der Waals surface area (Å²) in [5.74, 6) is -2.02. The molecule has 0 bridgehead atoms. The van der Waals surface area contributed by atoms with Gasteiger partial charge in [-0.15, -0.1) is 0 Å². The third kappa shape index (κ3) is 10.0. The number of rotatable bonds is 14. The van der Waals surface area contributed by atoms with Crippen LogP contribution in [0.25, 0.3) is 0 Å². The zero-order valence-corrected chi connectivity index (χ0v) is 23.6. The molecule has 1 aromatic carbocycles. The van der Waals surface area contributed by atoms with Gasteiger partial charge in [-0.2, -0.15) is 0 Å². The largest absolute Gasteiger partial charge is 0.445 e. The maximum absolute atomic E-state index is 12.7. The van der Waals surface area contributed by atoms with E-state index in [0.717, 1.165) is 31.5 Å². The minimum Gasteiger partial charge on any atom is -0.445 e. The Bertz CT molecular complexity index is 1120. The van der Waals surface area contributed by atoms with Crippen molar-refractivity contribution >= 4 is 41.3 Å². The molecule has 6 amide bonds. The summed E-state index contributed by atoms with van der Waals surface area (Å²) in [6.45, 7) is 5.22. The van der Waals surface area contributed by atoms with Gasteiger partial charge in [-0.3, -0.25) is 28.9 Å². The zero-order valence-electron chi connectivity index (χ0n) is 23.6. The number of amides is 6. The third-order valence-electron chi connectivity index (χ3n) is 6.84. The number of carbonyl (C=O) groups excluding carboxylic acids is 6. The van der Waals surface area contributed by atoms with E-state index in [1.165, 1.54) is 17.1 Å². The van der Waals surface area contributed by atoms with E-state index >= 15 is 0 Å². The van der Waals surface area contributed by atoms with Gasteiger partial charge in [-0.05, 0) is 49.3 Å². The Balaban J connectivity index is 1.33. The minimum atomic E-state index is -0.802. The van der Waals surface area contributed by atoms with Gasteiger partial charge in [0, 0.05) is 43.9 Å². The molecule has 1 saturated heterocycles. The number of hydrogen-bond acceptors (Lipinski definition) is 7. The molecule has 0 unspecified atom stereocenters. The van der Waals surface area contributed by atoms with E-state index < -0.39 is 17.9 Å². The Morgan fingerprint density at radius 2 is 1.56 bits per heavy atom. The first kappa shape index (κ1) is 31.3. The van der Waals surface area contributed by atoms with Crippen LogP contribution in [-0.4, -0.2) is 77.6 Å². The monoisotopic (exact) mass is 569 g/mol. The van der Waals surface area contributed by atoms with Gasteiger partial charge in [0.1, 0.15) is 12.6 Å². The SMILES string of the molecule is CC(C)[C@H](NC(=O)CCCCCN1C(=O)C=CC1=O)C(=O)NCC(=O)Nc1ccc(COC(=O)N2CCCC2)cc1. The molecular weight excluding hydrogens is 530 g/mol. The second-order valence-corrected chi connectivity index (χ2v) is 10.5. The molecule has 2 heterocycles. The summed E-state index contributed by atoms with van der Waals surface area (Å²) in [7, 11) is 0. The molecule has 3 rings (SSSR count). The number of anilines is 1. The molecule has 41 heavy (non-hydrogen) atoms. The minimum absolute atomic E-state index is 0.139. The lowest BCUT2D eigenvalue weighted by Gasteiger charge is -2.21. The average Bonchev–Trinajstić information content (AvgIpc) is 3.60. The zero-order chi connectivity index (χ0) is 29.8. The van der Waals surface area contributed by atoms with Crippen molar-refractivity contribution in [3.63, 3.8) is 0 Å². The van der Waals surface area contributed by atoms with Gasteiger partial charge >= 0.3 is 6.09 Å². The number of imide groups is 1. The van der Waals surface area contributed by atoms with Crippen molar-refractivity contribution in [3.8, 4) is 0 Å². The highest BCUT2D eigenvalue weighted by atomic mass is 16.6. The van der Waals surface area contributed by atoms with Crippen LogP contribution in [0.1, 0.15) is 57.9 Å². The molecule has 222 valence electrons. The number of unbranched alkanes of at least 4 members (excludes halogenated alkanes) is 2. The standard InChI is InChI=1S/C29H39N5O7/c1-20(2)27(32-23(35)8-4-3-5-17-34-25(37)13-14-26(34)38)28(39)30-18-24(36)31-22-11-9-21(10-12-22)19-41-29(40)33-15-6-7-16-33/h9-14,20,27H,3-8,15-19H2,1-2H3,(H,30,39)(H,31,36)(H,32,35)/t27-/m0/s1. The summed E-state index contributed by atoms with van der Waals surface area (Å²) in [5.41, 5.74) is 1.32. The molecule has 0 saturated carbocycles. The maximum Gasteiger partial charge on any atom is 0.410 e. The normalized spacial score (nSPS) is 15.3. The van der Waals surface area contributed by atoms with Crippen molar-refractivity contribution in [1.82, 2.24) is 20.4 Å². The van der Waals surface area contributed by atoms with Crippen molar-refractivity contribution in [2.75, 3.05) is 31.5 Å². The van der Waals surface area contributed by atoms with Crippen LogP contribution < -0.4 is 16.0 Å². The molecule has 0 aromatic heterocycles. The third-order valence-corrected chi connectivity index (χ3v) is 6.84. The van der Waals surface area contributed by atoms with Gasteiger partial charge in [-0.1, -0.05) is 32.4 Å². The Hall–Kier alpha value is -4.22. The molecule has 2 aliphatic heterocycles. The van der Waals surface area contributed by atoms with Crippen LogP contribution in [0.5, 0.6) is 0 Å². The first-order valence-electron chi connectivity index (χ1n) is 14.0. The highest BCUT2D eigenvalue weighted by molar-refractivity contribution is 6.12. The summed E-state index contributed by atoms with van der Waals surface area (Å²) in [6, 6.07) is 6.07. The summed E-state index contributed by atoms with van der Waals surface area (Å²) in [6.07, 6.45) is 6.12. The molecule has 1 atom stereocenters. The Kier molecular flexibility index (Phi) is 11.9. The van der Waals surface area contributed by atoms with Crippen LogP contribution in [0.4, 0.5) is 10.5 Å².